The van der Waals surface area contributed by atoms with Crippen molar-refractivity contribution in [3.8, 4) is 0 Å². The Balaban J connectivity index is 1.72. The van der Waals surface area contributed by atoms with Crippen molar-refractivity contribution < 1.29 is 5.11 Å². The normalized spacial score (nSPS) is 19.5. The fourth-order valence-electron chi connectivity index (χ4n) is 2.71. The van der Waals surface area contributed by atoms with Gasteiger partial charge in [-0.05, 0) is 42.7 Å². The fraction of sp³-hybridized carbons (Fsp3) is 0.467. The highest BCUT2D eigenvalue weighted by atomic mass is 32.1. The van der Waals surface area contributed by atoms with Gasteiger partial charge in [-0.15, -0.1) is 11.3 Å². The van der Waals surface area contributed by atoms with Crippen molar-refractivity contribution in [3.05, 3.63) is 45.9 Å². The van der Waals surface area contributed by atoms with Crippen LogP contribution < -0.4 is 0 Å². The number of aliphatic hydroxyl groups excluding tert-OH is 1. The molecule has 0 radical (unpaired) electrons. The molecule has 0 aromatic carbocycles. The van der Waals surface area contributed by atoms with Gasteiger partial charge in [-0.1, -0.05) is 12.5 Å². The van der Waals surface area contributed by atoms with E-state index in [2.05, 4.69) is 34.5 Å². The Kier molecular flexibility index (Phi) is 3.52. The molecule has 96 valence electrons. The summed E-state index contributed by atoms with van der Waals surface area (Å²) in [4.78, 5) is 1.43. The summed E-state index contributed by atoms with van der Waals surface area (Å²) in [5, 5.41) is 12.2. The van der Waals surface area contributed by atoms with Gasteiger partial charge in [0.25, 0.3) is 0 Å². The summed E-state index contributed by atoms with van der Waals surface area (Å²) in [7, 11) is 0. The van der Waals surface area contributed by atoms with E-state index in [4.69, 9.17) is 0 Å². The number of thiophene rings is 1. The summed E-state index contributed by atoms with van der Waals surface area (Å²) in [6.07, 6.45) is 9.62. The van der Waals surface area contributed by atoms with Crippen molar-refractivity contribution in [1.29, 1.82) is 0 Å². The SMILES string of the molecule is OC1CCCCc2cn(CCc3cccs3)cc21. The van der Waals surface area contributed by atoms with Crippen LogP contribution in [-0.4, -0.2) is 9.67 Å². The molecule has 3 heteroatoms. The van der Waals surface area contributed by atoms with E-state index >= 15 is 0 Å². The number of aromatic nitrogens is 1. The molecule has 2 heterocycles. The molecule has 2 nitrogen and oxygen atoms in total. The lowest BCUT2D eigenvalue weighted by atomic mass is 10.1. The Morgan fingerprint density at radius 2 is 2.28 bits per heavy atom. The highest BCUT2D eigenvalue weighted by Crippen LogP contribution is 2.29. The second kappa shape index (κ2) is 5.29. The first-order valence-electron chi connectivity index (χ1n) is 6.72. The molecule has 1 N–H and O–H groups in total. The molecule has 0 spiro atoms. The first kappa shape index (κ1) is 12.0. The lowest BCUT2D eigenvalue weighted by molar-refractivity contribution is 0.166. The van der Waals surface area contributed by atoms with E-state index < -0.39 is 0 Å². The molecular formula is C15H19NOS. The van der Waals surface area contributed by atoms with Crippen molar-refractivity contribution in [1.82, 2.24) is 4.57 Å². The lowest BCUT2D eigenvalue weighted by Gasteiger charge is -2.06. The molecule has 0 bridgehead atoms. The third-order valence-electron chi connectivity index (χ3n) is 3.73. The fourth-order valence-corrected chi connectivity index (χ4v) is 3.41. The van der Waals surface area contributed by atoms with Crippen LogP contribution in [0.25, 0.3) is 0 Å². The quantitative estimate of drug-likeness (QED) is 0.840. The minimum Gasteiger partial charge on any atom is -0.388 e. The Labute approximate surface area is 112 Å². The van der Waals surface area contributed by atoms with Gasteiger partial charge >= 0.3 is 0 Å². The zero-order valence-corrected chi connectivity index (χ0v) is 11.3. The first-order chi connectivity index (χ1) is 8.83. The largest absolute Gasteiger partial charge is 0.388 e. The minimum absolute atomic E-state index is 0.245. The highest BCUT2D eigenvalue weighted by molar-refractivity contribution is 7.09. The van der Waals surface area contributed by atoms with Gasteiger partial charge in [-0.2, -0.15) is 0 Å². The summed E-state index contributed by atoms with van der Waals surface area (Å²) < 4.78 is 2.25. The number of aliphatic hydroxyl groups is 1. The number of aryl methyl sites for hydroxylation is 3. The van der Waals surface area contributed by atoms with Crippen LogP contribution in [0.2, 0.25) is 0 Å². The maximum absolute atomic E-state index is 10.1. The molecule has 18 heavy (non-hydrogen) atoms. The zero-order chi connectivity index (χ0) is 12.4. The standard InChI is InChI=1S/C15H19NOS/c17-15-6-2-1-4-12-10-16(11-14(12)15)8-7-13-5-3-9-18-13/h3,5,9-11,15,17H,1-2,4,6-8H2. The molecule has 0 aliphatic heterocycles. The van der Waals surface area contributed by atoms with Crippen molar-refractivity contribution in [2.75, 3.05) is 0 Å². The average Bonchev–Trinajstić information content (AvgIpc) is 2.98. The molecule has 2 aromatic heterocycles. The third kappa shape index (κ3) is 2.52. The smallest absolute Gasteiger partial charge is 0.0807 e. The van der Waals surface area contributed by atoms with Crippen LogP contribution in [0, 0.1) is 0 Å². The van der Waals surface area contributed by atoms with Crippen molar-refractivity contribution in [2.24, 2.45) is 0 Å². The molecule has 1 aliphatic rings. The van der Waals surface area contributed by atoms with E-state index in [0.717, 1.165) is 32.2 Å². The van der Waals surface area contributed by atoms with Crippen LogP contribution in [0.5, 0.6) is 0 Å². The number of fused-ring (bicyclic) bond motifs is 1. The van der Waals surface area contributed by atoms with Gasteiger partial charge in [0.15, 0.2) is 0 Å². The molecule has 1 unspecified atom stereocenters. The molecule has 2 aromatic rings. The number of hydrogen-bond donors (Lipinski definition) is 1. The van der Waals surface area contributed by atoms with Gasteiger partial charge in [0.1, 0.15) is 0 Å². The second-order valence-corrected chi connectivity index (χ2v) is 6.10. The van der Waals surface area contributed by atoms with E-state index in [1.807, 2.05) is 11.3 Å². The average molecular weight is 261 g/mol. The third-order valence-corrected chi connectivity index (χ3v) is 4.66. The Hall–Kier alpha value is -1.06. The molecule has 0 amide bonds. The van der Waals surface area contributed by atoms with Gasteiger partial charge in [-0.3, -0.25) is 0 Å². The second-order valence-electron chi connectivity index (χ2n) is 5.07. The van der Waals surface area contributed by atoms with Crippen LogP contribution in [0.1, 0.15) is 41.4 Å². The van der Waals surface area contributed by atoms with E-state index in [1.54, 1.807) is 0 Å². The number of nitrogens with zero attached hydrogens (tertiary/aromatic N) is 1. The molecule has 1 aliphatic carbocycles. The minimum atomic E-state index is -0.245. The predicted octanol–water partition coefficient (Wildman–Crippen LogP) is 3.55. The molecule has 3 rings (SSSR count). The van der Waals surface area contributed by atoms with Gasteiger partial charge in [0, 0.05) is 29.4 Å². The molecule has 0 saturated carbocycles. The summed E-state index contributed by atoms with van der Waals surface area (Å²) in [5.41, 5.74) is 2.52. The van der Waals surface area contributed by atoms with Gasteiger partial charge in [0.2, 0.25) is 0 Å². The monoisotopic (exact) mass is 261 g/mol. The predicted molar refractivity (Wildman–Crippen MR) is 75.0 cm³/mol. The maximum Gasteiger partial charge on any atom is 0.0807 e. The van der Waals surface area contributed by atoms with E-state index in [-0.39, 0.29) is 6.10 Å². The lowest BCUT2D eigenvalue weighted by Crippen LogP contribution is -1.98. The molecule has 0 saturated heterocycles. The summed E-state index contributed by atoms with van der Waals surface area (Å²) >= 11 is 1.82. The van der Waals surface area contributed by atoms with Crippen LogP contribution in [0.15, 0.2) is 29.9 Å². The van der Waals surface area contributed by atoms with Crippen molar-refractivity contribution in [2.45, 2.75) is 44.8 Å². The number of hydrogen-bond acceptors (Lipinski definition) is 2. The molecule has 1 atom stereocenters. The highest BCUT2D eigenvalue weighted by Gasteiger charge is 2.18. The van der Waals surface area contributed by atoms with Gasteiger partial charge < -0.3 is 9.67 Å². The molecular weight excluding hydrogens is 242 g/mol. The first-order valence-corrected chi connectivity index (χ1v) is 7.60. The van der Waals surface area contributed by atoms with E-state index in [9.17, 15) is 5.11 Å². The van der Waals surface area contributed by atoms with Crippen LogP contribution in [0.4, 0.5) is 0 Å². The molecule has 0 fully saturated rings. The van der Waals surface area contributed by atoms with E-state index in [0.29, 0.717) is 0 Å². The van der Waals surface area contributed by atoms with Crippen LogP contribution in [0.3, 0.4) is 0 Å². The summed E-state index contributed by atoms with van der Waals surface area (Å²) in [6, 6.07) is 4.29. The zero-order valence-electron chi connectivity index (χ0n) is 10.5. The van der Waals surface area contributed by atoms with Gasteiger partial charge in [0.05, 0.1) is 6.10 Å². The van der Waals surface area contributed by atoms with Crippen LogP contribution >= 0.6 is 11.3 Å². The number of rotatable bonds is 3. The topological polar surface area (TPSA) is 25.2 Å². The van der Waals surface area contributed by atoms with Crippen LogP contribution in [-0.2, 0) is 19.4 Å². The Bertz CT molecular complexity index is 501. The Morgan fingerprint density at radius 1 is 1.33 bits per heavy atom. The van der Waals surface area contributed by atoms with Gasteiger partial charge in [-0.25, -0.2) is 0 Å². The summed E-state index contributed by atoms with van der Waals surface area (Å²) in [5.74, 6) is 0. The van der Waals surface area contributed by atoms with E-state index in [1.165, 1.54) is 22.4 Å². The summed E-state index contributed by atoms with van der Waals surface area (Å²) in [6.45, 7) is 1.01. The van der Waals surface area contributed by atoms with Crippen molar-refractivity contribution in [3.63, 3.8) is 0 Å². The Morgan fingerprint density at radius 3 is 3.11 bits per heavy atom. The maximum atomic E-state index is 10.1. The van der Waals surface area contributed by atoms with Crippen molar-refractivity contribution >= 4 is 11.3 Å².